The summed E-state index contributed by atoms with van der Waals surface area (Å²) in [6, 6.07) is 8.80. The highest BCUT2D eigenvalue weighted by atomic mass is 32.2. The van der Waals surface area contributed by atoms with Gasteiger partial charge in [-0.3, -0.25) is 14.4 Å². The lowest BCUT2D eigenvalue weighted by atomic mass is 10.2. The quantitative estimate of drug-likeness (QED) is 0.627. The highest BCUT2D eigenvalue weighted by molar-refractivity contribution is 8.03. The molecule has 1 aromatic carbocycles. The van der Waals surface area contributed by atoms with Gasteiger partial charge in [0.15, 0.2) is 5.03 Å². The van der Waals surface area contributed by atoms with Crippen molar-refractivity contribution in [3.63, 3.8) is 0 Å². The van der Waals surface area contributed by atoms with Crippen LogP contribution in [0.25, 0.3) is 0 Å². The fourth-order valence-electron chi connectivity index (χ4n) is 1.90. The molecule has 1 saturated heterocycles. The number of nitrogens with zero attached hydrogens (tertiary/aromatic N) is 2. The van der Waals surface area contributed by atoms with Crippen LogP contribution in [0, 0.1) is 10.1 Å². The van der Waals surface area contributed by atoms with Crippen molar-refractivity contribution in [1.29, 1.82) is 0 Å². The molecule has 20 heavy (non-hydrogen) atoms. The van der Waals surface area contributed by atoms with Gasteiger partial charge in [0.2, 0.25) is 10.0 Å². The Bertz CT molecular complexity index is 614. The van der Waals surface area contributed by atoms with Crippen molar-refractivity contribution in [1.82, 2.24) is 4.31 Å². The zero-order chi connectivity index (χ0) is 14.6. The molecule has 1 fully saturated rings. The highest BCUT2D eigenvalue weighted by Gasteiger charge is 2.29. The minimum atomic E-state index is -3.59. The average Bonchev–Trinajstić information content (AvgIpc) is 2.39. The fourth-order valence-corrected chi connectivity index (χ4v) is 4.77. The SMILES string of the molecule is O=[N+]([O-])/C=C1\SCCCN1S(=O)(=O)Cc1ccccc1. The maximum atomic E-state index is 12.4. The molecule has 1 aliphatic heterocycles. The van der Waals surface area contributed by atoms with E-state index in [4.69, 9.17) is 0 Å². The van der Waals surface area contributed by atoms with Crippen molar-refractivity contribution in [2.24, 2.45) is 0 Å². The Balaban J connectivity index is 2.24. The lowest BCUT2D eigenvalue weighted by Crippen LogP contribution is -2.34. The van der Waals surface area contributed by atoms with Gasteiger partial charge in [0.1, 0.15) is 0 Å². The summed E-state index contributed by atoms with van der Waals surface area (Å²) in [6.07, 6.45) is 1.46. The smallest absolute Gasteiger partial charge is 0.259 e. The monoisotopic (exact) mass is 314 g/mol. The molecule has 0 N–H and O–H groups in total. The van der Waals surface area contributed by atoms with Gasteiger partial charge in [-0.2, -0.15) is 0 Å². The van der Waals surface area contributed by atoms with Crippen molar-refractivity contribution >= 4 is 21.8 Å². The molecule has 0 spiro atoms. The second kappa shape index (κ2) is 6.27. The van der Waals surface area contributed by atoms with E-state index in [0.717, 1.165) is 10.5 Å². The second-order valence-electron chi connectivity index (χ2n) is 4.27. The molecule has 0 aliphatic carbocycles. The molecule has 1 aromatic rings. The number of sulfonamides is 1. The Morgan fingerprint density at radius 1 is 1.35 bits per heavy atom. The summed E-state index contributed by atoms with van der Waals surface area (Å²) in [6.45, 7) is 0.293. The van der Waals surface area contributed by atoms with E-state index in [9.17, 15) is 18.5 Å². The molecule has 0 aromatic heterocycles. The van der Waals surface area contributed by atoms with Gasteiger partial charge in [-0.05, 0) is 12.0 Å². The van der Waals surface area contributed by atoms with E-state index < -0.39 is 14.9 Å². The predicted octanol–water partition coefficient (Wildman–Crippen LogP) is 2.03. The number of rotatable bonds is 4. The Hall–Kier alpha value is -1.54. The van der Waals surface area contributed by atoms with Crippen LogP contribution in [0.1, 0.15) is 12.0 Å². The van der Waals surface area contributed by atoms with Crippen molar-refractivity contribution in [2.75, 3.05) is 12.3 Å². The van der Waals surface area contributed by atoms with Gasteiger partial charge in [0, 0.05) is 12.3 Å². The molecule has 0 atom stereocenters. The summed E-state index contributed by atoms with van der Waals surface area (Å²) in [4.78, 5) is 9.98. The molecule has 6 nitrogen and oxygen atoms in total. The first-order valence-corrected chi connectivity index (χ1v) is 8.61. The Morgan fingerprint density at radius 2 is 2.05 bits per heavy atom. The molecule has 0 saturated carbocycles. The molecule has 0 unspecified atom stereocenters. The molecule has 0 bridgehead atoms. The van der Waals surface area contributed by atoms with Crippen LogP contribution >= 0.6 is 11.8 Å². The molecule has 0 radical (unpaired) electrons. The first-order valence-electron chi connectivity index (χ1n) is 6.01. The maximum absolute atomic E-state index is 12.4. The van der Waals surface area contributed by atoms with Crippen molar-refractivity contribution < 1.29 is 13.3 Å². The van der Waals surface area contributed by atoms with Gasteiger partial charge in [0.25, 0.3) is 6.20 Å². The van der Waals surface area contributed by atoms with Gasteiger partial charge in [-0.25, -0.2) is 8.42 Å². The third-order valence-electron chi connectivity index (χ3n) is 2.74. The molecular weight excluding hydrogens is 300 g/mol. The van der Waals surface area contributed by atoms with E-state index in [2.05, 4.69) is 0 Å². The first kappa shape index (κ1) is 14.9. The van der Waals surface area contributed by atoms with E-state index in [1.807, 2.05) is 6.07 Å². The van der Waals surface area contributed by atoms with Crippen LogP contribution in [0.4, 0.5) is 0 Å². The van der Waals surface area contributed by atoms with E-state index in [1.54, 1.807) is 24.3 Å². The van der Waals surface area contributed by atoms with Crippen LogP contribution in [0.2, 0.25) is 0 Å². The van der Waals surface area contributed by atoms with Crippen LogP contribution in [-0.2, 0) is 15.8 Å². The zero-order valence-corrected chi connectivity index (χ0v) is 12.3. The zero-order valence-electron chi connectivity index (χ0n) is 10.6. The van der Waals surface area contributed by atoms with Crippen molar-refractivity contribution in [2.45, 2.75) is 12.2 Å². The molecule has 2 rings (SSSR count). The lowest BCUT2D eigenvalue weighted by Gasteiger charge is -2.28. The second-order valence-corrected chi connectivity index (χ2v) is 7.28. The Labute approximate surface area is 121 Å². The maximum Gasteiger partial charge on any atom is 0.265 e. The number of benzene rings is 1. The van der Waals surface area contributed by atoms with Gasteiger partial charge < -0.3 is 0 Å². The van der Waals surface area contributed by atoms with E-state index in [1.165, 1.54) is 11.8 Å². The summed E-state index contributed by atoms with van der Waals surface area (Å²) in [5.41, 5.74) is 0.670. The molecule has 8 heteroatoms. The van der Waals surface area contributed by atoms with Crippen molar-refractivity contribution in [3.8, 4) is 0 Å². The molecule has 108 valence electrons. The molecule has 1 heterocycles. The minimum absolute atomic E-state index is 0.149. The summed E-state index contributed by atoms with van der Waals surface area (Å²) in [7, 11) is -3.59. The van der Waals surface area contributed by atoms with Crippen LogP contribution < -0.4 is 0 Å². The van der Waals surface area contributed by atoms with Crippen LogP contribution in [0.5, 0.6) is 0 Å². The van der Waals surface area contributed by atoms with Crippen LogP contribution in [0.3, 0.4) is 0 Å². The summed E-state index contributed by atoms with van der Waals surface area (Å²) in [5, 5.41) is 10.8. The van der Waals surface area contributed by atoms with E-state index in [-0.39, 0.29) is 10.8 Å². The van der Waals surface area contributed by atoms with Gasteiger partial charge >= 0.3 is 0 Å². The van der Waals surface area contributed by atoms with Crippen LogP contribution in [-0.4, -0.2) is 29.9 Å². The normalized spacial score (nSPS) is 18.2. The van der Waals surface area contributed by atoms with E-state index >= 15 is 0 Å². The summed E-state index contributed by atoms with van der Waals surface area (Å²) in [5.74, 6) is 0.542. The molecule has 1 aliphatic rings. The Morgan fingerprint density at radius 3 is 2.70 bits per heavy atom. The largest absolute Gasteiger partial charge is 0.265 e. The number of hydrogen-bond donors (Lipinski definition) is 0. The predicted molar refractivity (Wildman–Crippen MR) is 77.9 cm³/mol. The topological polar surface area (TPSA) is 80.5 Å². The van der Waals surface area contributed by atoms with Gasteiger partial charge in [-0.15, -0.1) is 11.8 Å². The van der Waals surface area contributed by atoms with E-state index in [0.29, 0.717) is 24.3 Å². The lowest BCUT2D eigenvalue weighted by molar-refractivity contribution is -0.403. The minimum Gasteiger partial charge on any atom is -0.259 e. The first-order chi connectivity index (χ1) is 9.49. The molecular formula is C12H14N2O4S2. The van der Waals surface area contributed by atoms with Gasteiger partial charge in [0.05, 0.1) is 10.7 Å². The fraction of sp³-hybridized carbons (Fsp3) is 0.333. The highest BCUT2D eigenvalue weighted by Crippen LogP contribution is 2.30. The molecule has 0 amide bonds. The summed E-state index contributed by atoms with van der Waals surface area (Å²) < 4.78 is 25.9. The standard InChI is InChI=1S/C12H14N2O4S2/c15-14(16)9-12-13(7-4-8-19-12)20(17,18)10-11-5-2-1-3-6-11/h1-3,5-6,9H,4,7-8,10H2/b12-9-. The van der Waals surface area contributed by atoms with Crippen LogP contribution in [0.15, 0.2) is 41.6 Å². The third kappa shape index (κ3) is 3.73. The summed E-state index contributed by atoms with van der Waals surface area (Å²) >= 11 is 1.20. The number of thioether (sulfide) groups is 1. The number of nitro groups is 1. The third-order valence-corrected chi connectivity index (χ3v) is 5.72. The Kier molecular flexibility index (Phi) is 4.66. The van der Waals surface area contributed by atoms with Crippen molar-refractivity contribution in [3.05, 3.63) is 57.2 Å². The van der Waals surface area contributed by atoms with Gasteiger partial charge in [-0.1, -0.05) is 30.3 Å². The number of hydrogen-bond acceptors (Lipinski definition) is 5. The average molecular weight is 314 g/mol.